The summed E-state index contributed by atoms with van der Waals surface area (Å²) in [7, 11) is 0. The minimum atomic E-state index is -0.539. The summed E-state index contributed by atoms with van der Waals surface area (Å²) in [6, 6.07) is 5.97. The normalized spacial score (nSPS) is 15.0. The number of rotatable bonds is 6. The zero-order valence-corrected chi connectivity index (χ0v) is 13.9. The molecule has 0 aliphatic heterocycles. The third-order valence-electron chi connectivity index (χ3n) is 3.89. The third-order valence-corrected chi connectivity index (χ3v) is 3.89. The fourth-order valence-corrected chi connectivity index (χ4v) is 2.86. The lowest BCUT2D eigenvalue weighted by Crippen LogP contribution is -2.39. The monoisotopic (exact) mass is 319 g/mol. The molecule has 126 valence electrons. The van der Waals surface area contributed by atoms with Gasteiger partial charge in [-0.05, 0) is 49.9 Å². The summed E-state index contributed by atoms with van der Waals surface area (Å²) in [6.07, 6.45) is 5.55. The van der Waals surface area contributed by atoms with Gasteiger partial charge in [-0.15, -0.1) is 0 Å². The Labute approximate surface area is 137 Å². The van der Waals surface area contributed by atoms with E-state index in [9.17, 15) is 9.59 Å². The summed E-state index contributed by atoms with van der Waals surface area (Å²) in [5, 5.41) is 2.91. The van der Waals surface area contributed by atoms with Crippen LogP contribution in [0.4, 0.5) is 0 Å². The third kappa shape index (κ3) is 6.30. The van der Waals surface area contributed by atoms with Crippen LogP contribution in [0.1, 0.15) is 43.2 Å². The van der Waals surface area contributed by atoms with Crippen molar-refractivity contribution in [2.45, 2.75) is 52.0 Å². The SMILES string of the molecule is Cc1cc(C)cc(OCC(=O)OCC(=O)NC2CCCCC2)c1. The number of benzene rings is 1. The summed E-state index contributed by atoms with van der Waals surface area (Å²) < 4.78 is 10.4. The zero-order chi connectivity index (χ0) is 16.7. The van der Waals surface area contributed by atoms with Gasteiger partial charge in [0.15, 0.2) is 13.2 Å². The number of hydrogen-bond donors (Lipinski definition) is 1. The van der Waals surface area contributed by atoms with E-state index in [-0.39, 0.29) is 25.2 Å². The van der Waals surface area contributed by atoms with Crippen LogP contribution < -0.4 is 10.1 Å². The Morgan fingerprint density at radius 3 is 2.35 bits per heavy atom. The van der Waals surface area contributed by atoms with Crippen LogP contribution in [0.2, 0.25) is 0 Å². The Balaban J connectivity index is 1.67. The Kier molecular flexibility index (Phi) is 6.44. The van der Waals surface area contributed by atoms with Gasteiger partial charge >= 0.3 is 5.97 Å². The molecule has 23 heavy (non-hydrogen) atoms. The van der Waals surface area contributed by atoms with Gasteiger partial charge in [0.05, 0.1) is 0 Å². The summed E-state index contributed by atoms with van der Waals surface area (Å²) in [4.78, 5) is 23.4. The number of esters is 1. The molecule has 0 bridgehead atoms. The number of carbonyl (C=O) groups excluding carboxylic acids is 2. The van der Waals surface area contributed by atoms with Gasteiger partial charge in [0, 0.05) is 6.04 Å². The first kappa shape index (κ1) is 17.3. The van der Waals surface area contributed by atoms with Crippen LogP contribution in [0.5, 0.6) is 5.75 Å². The maximum Gasteiger partial charge on any atom is 0.344 e. The number of aryl methyl sites for hydroxylation is 2. The smallest absolute Gasteiger partial charge is 0.344 e. The molecule has 1 saturated carbocycles. The molecule has 2 rings (SSSR count). The fraction of sp³-hybridized carbons (Fsp3) is 0.556. The van der Waals surface area contributed by atoms with E-state index in [0.717, 1.165) is 36.8 Å². The van der Waals surface area contributed by atoms with Crippen LogP contribution in [0.25, 0.3) is 0 Å². The average molecular weight is 319 g/mol. The van der Waals surface area contributed by atoms with Gasteiger partial charge in [-0.25, -0.2) is 4.79 Å². The Bertz CT molecular complexity index is 530. The van der Waals surface area contributed by atoms with E-state index in [2.05, 4.69) is 5.32 Å². The predicted molar refractivity (Wildman–Crippen MR) is 87.4 cm³/mol. The molecule has 0 heterocycles. The van der Waals surface area contributed by atoms with Crippen molar-refractivity contribution in [3.63, 3.8) is 0 Å². The number of nitrogens with one attached hydrogen (secondary N) is 1. The van der Waals surface area contributed by atoms with Gasteiger partial charge in [0.1, 0.15) is 5.75 Å². The van der Waals surface area contributed by atoms with Crippen molar-refractivity contribution in [2.24, 2.45) is 0 Å². The van der Waals surface area contributed by atoms with Crippen molar-refractivity contribution in [2.75, 3.05) is 13.2 Å². The van der Waals surface area contributed by atoms with Crippen molar-refractivity contribution in [1.29, 1.82) is 0 Å². The Morgan fingerprint density at radius 2 is 1.70 bits per heavy atom. The average Bonchev–Trinajstić information content (AvgIpc) is 2.51. The maximum atomic E-state index is 11.8. The highest BCUT2D eigenvalue weighted by Crippen LogP contribution is 2.17. The highest BCUT2D eigenvalue weighted by Gasteiger charge is 2.16. The predicted octanol–water partition coefficient (Wildman–Crippen LogP) is 2.67. The molecule has 1 aromatic carbocycles. The lowest BCUT2D eigenvalue weighted by Gasteiger charge is -2.22. The van der Waals surface area contributed by atoms with Crippen molar-refractivity contribution < 1.29 is 19.1 Å². The fourth-order valence-electron chi connectivity index (χ4n) is 2.86. The van der Waals surface area contributed by atoms with Crippen molar-refractivity contribution in [1.82, 2.24) is 5.32 Å². The molecule has 0 radical (unpaired) electrons. The van der Waals surface area contributed by atoms with Crippen LogP contribution in [-0.4, -0.2) is 31.1 Å². The van der Waals surface area contributed by atoms with E-state index >= 15 is 0 Å². The molecule has 0 unspecified atom stereocenters. The lowest BCUT2D eigenvalue weighted by molar-refractivity contribution is -0.150. The highest BCUT2D eigenvalue weighted by molar-refractivity contribution is 5.81. The Hall–Kier alpha value is -2.04. The van der Waals surface area contributed by atoms with Gasteiger partial charge in [-0.2, -0.15) is 0 Å². The standard InChI is InChI=1S/C18H25NO4/c1-13-8-14(2)10-16(9-13)22-12-18(21)23-11-17(20)19-15-6-4-3-5-7-15/h8-10,15H,3-7,11-12H2,1-2H3,(H,19,20). The largest absolute Gasteiger partial charge is 0.482 e. The molecule has 5 heteroatoms. The van der Waals surface area contributed by atoms with Gasteiger partial charge in [0.2, 0.25) is 0 Å². The van der Waals surface area contributed by atoms with E-state index in [1.807, 2.05) is 32.0 Å². The van der Waals surface area contributed by atoms with Crippen LogP contribution in [0, 0.1) is 13.8 Å². The van der Waals surface area contributed by atoms with Crippen LogP contribution >= 0.6 is 0 Å². The topological polar surface area (TPSA) is 64.6 Å². The van der Waals surface area contributed by atoms with Crippen molar-refractivity contribution in [3.8, 4) is 5.75 Å². The molecular weight excluding hydrogens is 294 g/mol. The number of amides is 1. The molecule has 1 aromatic rings. The number of hydrogen-bond acceptors (Lipinski definition) is 4. The van der Waals surface area contributed by atoms with E-state index in [4.69, 9.17) is 9.47 Å². The van der Waals surface area contributed by atoms with E-state index in [0.29, 0.717) is 5.75 Å². The molecule has 0 spiro atoms. The second kappa shape index (κ2) is 8.56. The first-order valence-corrected chi connectivity index (χ1v) is 8.19. The van der Waals surface area contributed by atoms with E-state index < -0.39 is 5.97 Å². The summed E-state index contributed by atoms with van der Waals surface area (Å²) in [5.74, 6) is -0.147. The molecule has 5 nitrogen and oxygen atoms in total. The second-order valence-electron chi connectivity index (χ2n) is 6.18. The van der Waals surface area contributed by atoms with E-state index in [1.54, 1.807) is 0 Å². The molecule has 1 amide bonds. The molecule has 0 saturated heterocycles. The van der Waals surface area contributed by atoms with Gasteiger partial charge < -0.3 is 14.8 Å². The minimum Gasteiger partial charge on any atom is -0.482 e. The molecule has 1 N–H and O–H groups in total. The van der Waals surface area contributed by atoms with Gasteiger partial charge in [0.25, 0.3) is 5.91 Å². The molecule has 0 atom stereocenters. The quantitative estimate of drug-likeness (QED) is 0.819. The van der Waals surface area contributed by atoms with E-state index in [1.165, 1.54) is 6.42 Å². The Morgan fingerprint density at radius 1 is 1.04 bits per heavy atom. The maximum absolute atomic E-state index is 11.8. The molecule has 1 aliphatic carbocycles. The van der Waals surface area contributed by atoms with Crippen LogP contribution in [0.15, 0.2) is 18.2 Å². The van der Waals surface area contributed by atoms with Crippen LogP contribution in [0.3, 0.4) is 0 Å². The minimum absolute atomic E-state index is 0.195. The first-order chi connectivity index (χ1) is 11.0. The number of ether oxygens (including phenoxy) is 2. The van der Waals surface area contributed by atoms with Gasteiger partial charge in [-0.1, -0.05) is 25.3 Å². The van der Waals surface area contributed by atoms with Crippen molar-refractivity contribution in [3.05, 3.63) is 29.3 Å². The lowest BCUT2D eigenvalue weighted by atomic mass is 9.95. The molecular formula is C18H25NO4. The molecule has 1 aliphatic rings. The summed E-state index contributed by atoms with van der Waals surface area (Å²) >= 11 is 0. The highest BCUT2D eigenvalue weighted by atomic mass is 16.6. The molecule has 1 fully saturated rings. The number of carbonyl (C=O) groups is 2. The van der Waals surface area contributed by atoms with Gasteiger partial charge in [-0.3, -0.25) is 4.79 Å². The van der Waals surface area contributed by atoms with Crippen molar-refractivity contribution >= 4 is 11.9 Å². The van der Waals surface area contributed by atoms with Crippen LogP contribution in [-0.2, 0) is 14.3 Å². The summed E-state index contributed by atoms with van der Waals surface area (Å²) in [5.41, 5.74) is 2.14. The zero-order valence-electron chi connectivity index (χ0n) is 13.9. The summed E-state index contributed by atoms with van der Waals surface area (Å²) in [6.45, 7) is 3.49. The second-order valence-corrected chi connectivity index (χ2v) is 6.18. The molecule has 0 aromatic heterocycles. The first-order valence-electron chi connectivity index (χ1n) is 8.19.